The molecule has 0 saturated heterocycles. The minimum atomic E-state index is -3.61. The first-order valence-electron chi connectivity index (χ1n) is 7.57. The van der Waals surface area contributed by atoms with E-state index in [0.717, 1.165) is 12.4 Å². The predicted molar refractivity (Wildman–Crippen MR) is 82.2 cm³/mol. The van der Waals surface area contributed by atoms with Gasteiger partial charge in [0.05, 0.1) is 18.7 Å². The number of aromatic nitrogens is 4. The van der Waals surface area contributed by atoms with Crippen LogP contribution in [0.3, 0.4) is 0 Å². The Kier molecular flexibility index (Phi) is 4.76. The van der Waals surface area contributed by atoms with Crippen LogP contribution in [-0.2, 0) is 17.1 Å². The van der Waals surface area contributed by atoms with E-state index in [1.807, 2.05) is 0 Å². The first-order chi connectivity index (χ1) is 11.4. The third kappa shape index (κ3) is 4.06. The maximum absolute atomic E-state index is 12.8. The van der Waals surface area contributed by atoms with Gasteiger partial charge in [0.15, 0.2) is 10.8 Å². The van der Waals surface area contributed by atoms with Gasteiger partial charge in [-0.1, -0.05) is 0 Å². The van der Waals surface area contributed by atoms with Gasteiger partial charge < -0.3 is 9.30 Å². The molecule has 1 N–H and O–H groups in total. The van der Waals surface area contributed by atoms with E-state index in [4.69, 9.17) is 4.74 Å². The number of hydrogen-bond donors (Lipinski definition) is 1. The molecule has 130 valence electrons. The first kappa shape index (κ1) is 16.8. The Bertz CT molecular complexity index is 785. The highest BCUT2D eigenvalue weighted by Crippen LogP contribution is 2.23. The van der Waals surface area contributed by atoms with Crippen LogP contribution in [0.4, 0.5) is 4.39 Å². The quantitative estimate of drug-likeness (QED) is 0.860. The van der Waals surface area contributed by atoms with Crippen molar-refractivity contribution in [2.75, 3.05) is 0 Å². The molecule has 0 aromatic carbocycles. The van der Waals surface area contributed by atoms with E-state index in [0.29, 0.717) is 25.7 Å². The highest BCUT2D eigenvalue weighted by Gasteiger charge is 2.28. The van der Waals surface area contributed by atoms with Crippen LogP contribution in [0, 0.1) is 5.82 Å². The van der Waals surface area contributed by atoms with E-state index >= 15 is 0 Å². The third-order valence-electron chi connectivity index (χ3n) is 3.82. The van der Waals surface area contributed by atoms with Crippen molar-refractivity contribution in [1.82, 2.24) is 24.2 Å². The summed E-state index contributed by atoms with van der Waals surface area (Å²) < 4.78 is 47.1. The number of hydrogen-bond acceptors (Lipinski definition) is 6. The van der Waals surface area contributed by atoms with E-state index in [-0.39, 0.29) is 23.2 Å². The highest BCUT2D eigenvalue weighted by atomic mass is 32.2. The van der Waals surface area contributed by atoms with Crippen molar-refractivity contribution in [2.24, 2.45) is 7.05 Å². The molecule has 0 spiro atoms. The molecular formula is C14H18FN5O3S. The Morgan fingerprint density at radius 2 is 1.88 bits per heavy atom. The van der Waals surface area contributed by atoms with Crippen LogP contribution >= 0.6 is 0 Å². The lowest BCUT2D eigenvalue weighted by Gasteiger charge is -2.28. The second-order valence-electron chi connectivity index (χ2n) is 5.77. The molecule has 2 aromatic rings. The minimum absolute atomic E-state index is 0.0167. The summed E-state index contributed by atoms with van der Waals surface area (Å²) in [6.45, 7) is 0. The molecule has 0 aliphatic heterocycles. The number of nitrogens with one attached hydrogen (secondary N) is 1. The lowest BCUT2D eigenvalue weighted by molar-refractivity contribution is 0.131. The van der Waals surface area contributed by atoms with Gasteiger partial charge in [0, 0.05) is 19.3 Å². The number of nitrogens with zero attached hydrogens (tertiary/aromatic N) is 4. The fraction of sp³-hybridized carbons (Fsp3) is 0.500. The van der Waals surface area contributed by atoms with E-state index in [9.17, 15) is 12.8 Å². The standard InChI is InChI=1S/C14H18FN5O3S/c1-20-8-13(18-9-20)24(21,22)19-11-2-4-12(5-3-11)23-14-16-6-10(15)7-17-14/h6-9,11-12,19H,2-5H2,1H3. The largest absolute Gasteiger partial charge is 0.460 e. The van der Waals surface area contributed by atoms with Crippen LogP contribution in [0.5, 0.6) is 6.01 Å². The maximum Gasteiger partial charge on any atom is 0.316 e. The Balaban J connectivity index is 1.52. The van der Waals surface area contributed by atoms with Crippen molar-refractivity contribution >= 4 is 10.0 Å². The summed E-state index contributed by atoms with van der Waals surface area (Å²) in [4.78, 5) is 11.4. The highest BCUT2D eigenvalue weighted by molar-refractivity contribution is 7.89. The van der Waals surface area contributed by atoms with E-state index in [1.165, 1.54) is 12.5 Å². The SMILES string of the molecule is Cn1cnc(S(=O)(=O)NC2CCC(Oc3ncc(F)cn3)CC2)c1. The monoisotopic (exact) mass is 355 g/mol. The Morgan fingerprint density at radius 1 is 1.21 bits per heavy atom. The summed E-state index contributed by atoms with van der Waals surface area (Å²) >= 11 is 0. The molecule has 1 aliphatic rings. The van der Waals surface area contributed by atoms with Gasteiger partial charge in [0.1, 0.15) is 6.10 Å². The summed E-state index contributed by atoms with van der Waals surface area (Å²) in [6, 6.07) is -0.0279. The van der Waals surface area contributed by atoms with Crippen molar-refractivity contribution in [3.05, 3.63) is 30.7 Å². The minimum Gasteiger partial charge on any atom is -0.460 e. The van der Waals surface area contributed by atoms with Crippen LogP contribution < -0.4 is 9.46 Å². The molecule has 0 radical (unpaired) electrons. The summed E-state index contributed by atoms with van der Waals surface area (Å²) in [5, 5.41) is 0.0167. The molecule has 1 aliphatic carbocycles. The van der Waals surface area contributed by atoms with Crippen molar-refractivity contribution < 1.29 is 17.5 Å². The van der Waals surface area contributed by atoms with E-state index in [1.54, 1.807) is 11.6 Å². The van der Waals surface area contributed by atoms with Crippen LogP contribution in [0.1, 0.15) is 25.7 Å². The first-order valence-corrected chi connectivity index (χ1v) is 9.05. The van der Waals surface area contributed by atoms with Crippen molar-refractivity contribution in [2.45, 2.75) is 42.9 Å². The Hall–Kier alpha value is -2.07. The molecule has 0 unspecified atom stereocenters. The van der Waals surface area contributed by atoms with Crippen LogP contribution in [0.25, 0.3) is 0 Å². The number of aryl methyl sites for hydroxylation is 1. The Morgan fingerprint density at radius 3 is 2.46 bits per heavy atom. The molecule has 1 fully saturated rings. The van der Waals surface area contributed by atoms with Gasteiger partial charge in [0.2, 0.25) is 0 Å². The zero-order valence-corrected chi connectivity index (χ0v) is 13.9. The van der Waals surface area contributed by atoms with Gasteiger partial charge in [-0.3, -0.25) is 0 Å². The van der Waals surface area contributed by atoms with Gasteiger partial charge in [0.25, 0.3) is 10.0 Å². The molecule has 0 bridgehead atoms. The second kappa shape index (κ2) is 6.81. The number of ether oxygens (including phenoxy) is 1. The predicted octanol–water partition coefficient (Wildman–Crippen LogP) is 1.02. The molecule has 3 rings (SSSR count). The second-order valence-corrected chi connectivity index (χ2v) is 7.43. The Labute approximate surface area is 139 Å². The molecule has 10 heteroatoms. The molecular weight excluding hydrogens is 337 g/mol. The maximum atomic E-state index is 12.8. The van der Waals surface area contributed by atoms with Gasteiger partial charge in [-0.2, -0.15) is 0 Å². The third-order valence-corrected chi connectivity index (χ3v) is 5.23. The molecule has 24 heavy (non-hydrogen) atoms. The summed E-state index contributed by atoms with van der Waals surface area (Å²) in [7, 11) is -1.89. The summed E-state index contributed by atoms with van der Waals surface area (Å²) in [5.74, 6) is -0.519. The number of imidazole rings is 1. The molecule has 0 amide bonds. The average molecular weight is 355 g/mol. The number of rotatable bonds is 5. The van der Waals surface area contributed by atoms with Crippen molar-refractivity contribution in [3.63, 3.8) is 0 Å². The van der Waals surface area contributed by atoms with Crippen molar-refractivity contribution in [1.29, 1.82) is 0 Å². The fourth-order valence-corrected chi connectivity index (χ4v) is 3.90. The summed E-state index contributed by atoms with van der Waals surface area (Å²) in [6.07, 6.45) is 7.50. The summed E-state index contributed by atoms with van der Waals surface area (Å²) in [5.41, 5.74) is 0. The van der Waals surface area contributed by atoms with Crippen LogP contribution in [0.15, 0.2) is 29.9 Å². The average Bonchev–Trinajstić information content (AvgIpc) is 2.99. The van der Waals surface area contributed by atoms with Gasteiger partial charge in [-0.25, -0.2) is 32.5 Å². The molecule has 8 nitrogen and oxygen atoms in total. The smallest absolute Gasteiger partial charge is 0.316 e. The lowest BCUT2D eigenvalue weighted by Crippen LogP contribution is -2.39. The molecule has 1 saturated carbocycles. The van der Waals surface area contributed by atoms with Gasteiger partial charge in [-0.05, 0) is 25.7 Å². The van der Waals surface area contributed by atoms with Crippen LogP contribution in [0.2, 0.25) is 0 Å². The van der Waals surface area contributed by atoms with Gasteiger partial charge >= 0.3 is 6.01 Å². The molecule has 0 atom stereocenters. The van der Waals surface area contributed by atoms with E-state index in [2.05, 4.69) is 19.7 Å². The molecule has 2 heterocycles. The van der Waals surface area contributed by atoms with Crippen LogP contribution in [-0.4, -0.2) is 40.1 Å². The number of sulfonamides is 1. The number of halogens is 1. The van der Waals surface area contributed by atoms with E-state index < -0.39 is 15.8 Å². The zero-order chi connectivity index (χ0) is 17.2. The fourth-order valence-electron chi connectivity index (χ4n) is 2.62. The van der Waals surface area contributed by atoms with Gasteiger partial charge in [-0.15, -0.1) is 0 Å². The lowest BCUT2D eigenvalue weighted by atomic mass is 9.94. The topological polar surface area (TPSA) is 99.0 Å². The van der Waals surface area contributed by atoms with Crippen molar-refractivity contribution in [3.8, 4) is 6.01 Å². The zero-order valence-electron chi connectivity index (χ0n) is 13.1. The molecule has 2 aromatic heterocycles. The normalized spacial score (nSPS) is 21.6.